The number of nitrogens with one attached hydrogen (secondary N) is 1. The summed E-state index contributed by atoms with van der Waals surface area (Å²) in [5.41, 5.74) is 0.253. The number of carbonyl (C=O) groups excluding carboxylic acids is 1. The standard InChI is InChI=1S/C16H22N6O2/c1-21(2)15-9-17-13(8-18-15)16(24)20-12-6-11(7-14(12)23)10-22-5-3-4-19-22/h3-5,8-9,11-12,14,23H,6-7,10H2,1-2H3,(H,20,24)/t11?,12-,14-/m1/s1. The van der Waals surface area contributed by atoms with Crippen molar-refractivity contribution in [3.8, 4) is 0 Å². The first kappa shape index (κ1) is 16.4. The number of aliphatic hydroxyl groups is 1. The van der Waals surface area contributed by atoms with Crippen molar-refractivity contribution in [3.63, 3.8) is 0 Å². The summed E-state index contributed by atoms with van der Waals surface area (Å²) >= 11 is 0. The first-order valence-corrected chi connectivity index (χ1v) is 7.98. The normalized spacial score (nSPS) is 23.2. The maximum Gasteiger partial charge on any atom is 0.271 e. The van der Waals surface area contributed by atoms with Gasteiger partial charge in [0.25, 0.3) is 5.91 Å². The summed E-state index contributed by atoms with van der Waals surface area (Å²) in [5.74, 6) is 0.663. The highest BCUT2D eigenvalue weighted by molar-refractivity contribution is 5.92. The smallest absolute Gasteiger partial charge is 0.271 e. The molecule has 24 heavy (non-hydrogen) atoms. The van der Waals surface area contributed by atoms with E-state index < -0.39 is 6.10 Å². The van der Waals surface area contributed by atoms with Crippen LogP contribution >= 0.6 is 0 Å². The van der Waals surface area contributed by atoms with Gasteiger partial charge in [0.2, 0.25) is 0 Å². The fraction of sp³-hybridized carbons (Fsp3) is 0.500. The first-order valence-electron chi connectivity index (χ1n) is 7.98. The molecule has 1 unspecified atom stereocenters. The number of aliphatic hydroxyl groups excluding tert-OH is 1. The van der Waals surface area contributed by atoms with Crippen LogP contribution in [0.15, 0.2) is 30.9 Å². The van der Waals surface area contributed by atoms with Crippen molar-refractivity contribution in [2.24, 2.45) is 5.92 Å². The Labute approximate surface area is 140 Å². The zero-order valence-corrected chi connectivity index (χ0v) is 13.8. The molecule has 1 fully saturated rings. The van der Waals surface area contributed by atoms with Gasteiger partial charge in [-0.2, -0.15) is 5.10 Å². The predicted octanol–water partition coefficient (Wildman–Crippen LogP) is 0.309. The fourth-order valence-electron chi connectivity index (χ4n) is 3.01. The summed E-state index contributed by atoms with van der Waals surface area (Å²) < 4.78 is 1.85. The molecule has 1 saturated carbocycles. The van der Waals surface area contributed by atoms with E-state index in [1.54, 1.807) is 12.4 Å². The van der Waals surface area contributed by atoms with Crippen molar-refractivity contribution in [2.45, 2.75) is 31.5 Å². The molecular weight excluding hydrogens is 308 g/mol. The molecular formula is C16H22N6O2. The Kier molecular flexibility index (Phi) is 4.75. The van der Waals surface area contributed by atoms with Crippen LogP contribution in [0.25, 0.3) is 0 Å². The fourth-order valence-corrected chi connectivity index (χ4v) is 3.01. The molecule has 1 amide bonds. The van der Waals surface area contributed by atoms with Gasteiger partial charge in [-0.15, -0.1) is 0 Å². The predicted molar refractivity (Wildman–Crippen MR) is 88.6 cm³/mol. The molecule has 2 aromatic rings. The molecule has 0 aromatic carbocycles. The van der Waals surface area contributed by atoms with E-state index in [0.29, 0.717) is 12.2 Å². The molecule has 0 spiro atoms. The van der Waals surface area contributed by atoms with Gasteiger partial charge >= 0.3 is 0 Å². The Balaban J connectivity index is 1.57. The molecule has 0 saturated heterocycles. The van der Waals surface area contributed by atoms with E-state index in [-0.39, 0.29) is 23.6 Å². The molecule has 8 heteroatoms. The number of hydrogen-bond acceptors (Lipinski definition) is 6. The number of amides is 1. The average Bonchev–Trinajstić information content (AvgIpc) is 3.18. The van der Waals surface area contributed by atoms with Gasteiger partial charge in [-0.1, -0.05) is 0 Å². The van der Waals surface area contributed by atoms with Crippen LogP contribution < -0.4 is 10.2 Å². The second kappa shape index (κ2) is 6.96. The van der Waals surface area contributed by atoms with E-state index in [1.807, 2.05) is 35.9 Å². The van der Waals surface area contributed by atoms with E-state index in [9.17, 15) is 9.90 Å². The first-order chi connectivity index (χ1) is 11.5. The lowest BCUT2D eigenvalue weighted by Crippen LogP contribution is -2.40. The van der Waals surface area contributed by atoms with Gasteiger partial charge in [0, 0.05) is 33.0 Å². The van der Waals surface area contributed by atoms with Gasteiger partial charge in [-0.3, -0.25) is 9.48 Å². The van der Waals surface area contributed by atoms with Gasteiger partial charge in [-0.05, 0) is 24.8 Å². The van der Waals surface area contributed by atoms with Crippen LogP contribution in [0.1, 0.15) is 23.3 Å². The van der Waals surface area contributed by atoms with Crippen molar-refractivity contribution in [1.29, 1.82) is 0 Å². The number of hydrogen-bond donors (Lipinski definition) is 2. The molecule has 0 bridgehead atoms. The molecule has 1 aliphatic carbocycles. The molecule has 3 rings (SSSR count). The van der Waals surface area contributed by atoms with E-state index in [4.69, 9.17) is 0 Å². The quantitative estimate of drug-likeness (QED) is 0.819. The van der Waals surface area contributed by atoms with Crippen LogP contribution in [-0.2, 0) is 6.54 Å². The maximum absolute atomic E-state index is 12.3. The Morgan fingerprint density at radius 1 is 1.38 bits per heavy atom. The van der Waals surface area contributed by atoms with Crippen molar-refractivity contribution >= 4 is 11.7 Å². The van der Waals surface area contributed by atoms with E-state index in [2.05, 4.69) is 20.4 Å². The number of carbonyl (C=O) groups is 1. The van der Waals surface area contributed by atoms with E-state index >= 15 is 0 Å². The van der Waals surface area contributed by atoms with Crippen molar-refractivity contribution in [1.82, 2.24) is 25.1 Å². The van der Waals surface area contributed by atoms with E-state index in [0.717, 1.165) is 13.0 Å². The van der Waals surface area contributed by atoms with Crippen LogP contribution in [0.3, 0.4) is 0 Å². The third kappa shape index (κ3) is 3.70. The highest BCUT2D eigenvalue weighted by Gasteiger charge is 2.34. The monoisotopic (exact) mass is 330 g/mol. The molecule has 2 N–H and O–H groups in total. The number of anilines is 1. The lowest BCUT2D eigenvalue weighted by atomic mass is 10.1. The molecule has 1 aliphatic rings. The Morgan fingerprint density at radius 2 is 2.21 bits per heavy atom. The summed E-state index contributed by atoms with van der Waals surface area (Å²) in [6.07, 6.45) is 7.46. The number of aromatic nitrogens is 4. The van der Waals surface area contributed by atoms with Crippen LogP contribution in [0, 0.1) is 5.92 Å². The minimum absolute atomic E-state index is 0.253. The van der Waals surface area contributed by atoms with E-state index in [1.165, 1.54) is 6.20 Å². The molecule has 0 radical (unpaired) electrons. The molecule has 0 aliphatic heterocycles. The highest BCUT2D eigenvalue weighted by atomic mass is 16.3. The van der Waals surface area contributed by atoms with Gasteiger partial charge in [0.1, 0.15) is 11.5 Å². The zero-order chi connectivity index (χ0) is 17.1. The number of rotatable bonds is 5. The SMILES string of the molecule is CN(C)c1cnc(C(=O)N[C@@H]2CC(Cn3cccn3)C[C@H]2O)cn1. The Hall–Kier alpha value is -2.48. The molecule has 2 aromatic heterocycles. The topological polar surface area (TPSA) is 96.2 Å². The summed E-state index contributed by atoms with van der Waals surface area (Å²) in [4.78, 5) is 22.4. The van der Waals surface area contributed by atoms with Gasteiger partial charge in [0.05, 0.1) is 24.5 Å². The van der Waals surface area contributed by atoms with Crippen LogP contribution in [0.2, 0.25) is 0 Å². The lowest BCUT2D eigenvalue weighted by molar-refractivity contribution is 0.0867. The second-order valence-electron chi connectivity index (χ2n) is 6.37. The maximum atomic E-state index is 12.3. The van der Waals surface area contributed by atoms with Gasteiger partial charge in [-0.25, -0.2) is 9.97 Å². The van der Waals surface area contributed by atoms with Crippen molar-refractivity contribution in [3.05, 3.63) is 36.5 Å². The lowest BCUT2D eigenvalue weighted by Gasteiger charge is -2.16. The minimum atomic E-state index is -0.552. The second-order valence-corrected chi connectivity index (χ2v) is 6.37. The number of nitrogens with zero attached hydrogens (tertiary/aromatic N) is 5. The highest BCUT2D eigenvalue weighted by Crippen LogP contribution is 2.27. The third-order valence-electron chi connectivity index (χ3n) is 4.28. The average molecular weight is 330 g/mol. The summed E-state index contributed by atoms with van der Waals surface area (Å²) in [6.45, 7) is 0.744. The third-order valence-corrected chi connectivity index (χ3v) is 4.28. The Bertz CT molecular complexity index is 670. The summed E-state index contributed by atoms with van der Waals surface area (Å²) in [6, 6.07) is 1.61. The molecule has 128 valence electrons. The van der Waals surface area contributed by atoms with Gasteiger partial charge in [0.15, 0.2) is 0 Å². The molecule has 2 heterocycles. The van der Waals surface area contributed by atoms with Crippen molar-refractivity contribution < 1.29 is 9.90 Å². The van der Waals surface area contributed by atoms with Crippen LogP contribution in [0.4, 0.5) is 5.82 Å². The van der Waals surface area contributed by atoms with Crippen LogP contribution in [0.5, 0.6) is 0 Å². The molecule has 3 atom stereocenters. The largest absolute Gasteiger partial charge is 0.391 e. The van der Waals surface area contributed by atoms with Crippen molar-refractivity contribution in [2.75, 3.05) is 19.0 Å². The molecule has 8 nitrogen and oxygen atoms in total. The Morgan fingerprint density at radius 3 is 2.83 bits per heavy atom. The van der Waals surface area contributed by atoms with Gasteiger partial charge < -0.3 is 15.3 Å². The zero-order valence-electron chi connectivity index (χ0n) is 13.8. The summed E-state index contributed by atoms with van der Waals surface area (Å²) in [7, 11) is 3.72. The van der Waals surface area contributed by atoms with Crippen LogP contribution in [-0.4, -0.2) is 57.0 Å². The minimum Gasteiger partial charge on any atom is -0.391 e. The summed E-state index contributed by atoms with van der Waals surface area (Å²) in [5, 5.41) is 17.3.